The zero-order valence-corrected chi connectivity index (χ0v) is 18.6. The molecule has 1 saturated carbocycles. The third-order valence-corrected chi connectivity index (χ3v) is 7.18. The summed E-state index contributed by atoms with van der Waals surface area (Å²) in [5.74, 6) is 0.892. The van der Waals surface area contributed by atoms with Crippen molar-refractivity contribution in [2.45, 2.75) is 37.6 Å². The number of aromatic nitrogens is 2. The van der Waals surface area contributed by atoms with Gasteiger partial charge in [0.15, 0.2) is 0 Å². The summed E-state index contributed by atoms with van der Waals surface area (Å²) >= 11 is 0. The van der Waals surface area contributed by atoms with Crippen LogP contribution in [0.3, 0.4) is 0 Å². The summed E-state index contributed by atoms with van der Waals surface area (Å²) in [5.41, 5.74) is 6.97. The fraction of sp³-hybridized carbons (Fsp3) is 0.241. The molecule has 0 spiro atoms. The van der Waals surface area contributed by atoms with Crippen molar-refractivity contribution in [1.29, 1.82) is 0 Å². The van der Waals surface area contributed by atoms with Crippen LogP contribution in [-0.4, -0.2) is 22.0 Å². The molecule has 1 amide bonds. The molecule has 6 rings (SSSR count). The van der Waals surface area contributed by atoms with E-state index in [1.807, 2.05) is 29.4 Å². The fourth-order valence-electron chi connectivity index (χ4n) is 5.15. The van der Waals surface area contributed by atoms with Crippen molar-refractivity contribution in [3.63, 3.8) is 0 Å². The van der Waals surface area contributed by atoms with Gasteiger partial charge in [-0.1, -0.05) is 42.5 Å². The highest BCUT2D eigenvalue weighted by molar-refractivity contribution is 5.95. The van der Waals surface area contributed by atoms with Crippen molar-refractivity contribution in [2.75, 3.05) is 11.4 Å². The van der Waals surface area contributed by atoms with Crippen LogP contribution in [0.25, 0.3) is 22.3 Å². The molecule has 0 unspecified atom stereocenters. The van der Waals surface area contributed by atoms with E-state index < -0.39 is 0 Å². The lowest BCUT2D eigenvalue weighted by Gasteiger charge is -2.36. The molecule has 2 fully saturated rings. The smallest absolute Gasteiger partial charge is 0.227 e. The summed E-state index contributed by atoms with van der Waals surface area (Å²) in [4.78, 5) is 18.4. The molecule has 2 aromatic carbocycles. The van der Waals surface area contributed by atoms with Crippen LogP contribution >= 0.6 is 0 Å². The molecule has 164 valence electrons. The lowest BCUT2D eigenvalue weighted by Crippen LogP contribution is -2.24. The summed E-state index contributed by atoms with van der Waals surface area (Å²) in [6.45, 7) is 0.819. The SMILES string of the molecule is O=C1CCCN1c1ccc(-c2cncc(-c3ccn([C@H]4C[C@H](c5ccccc5)C4)c3)c2)cc1. The first-order chi connectivity index (χ1) is 16.2. The average molecular weight is 434 g/mol. The van der Waals surface area contributed by atoms with Crippen molar-refractivity contribution < 1.29 is 4.79 Å². The van der Waals surface area contributed by atoms with Gasteiger partial charge in [-0.05, 0) is 60.6 Å². The van der Waals surface area contributed by atoms with Crippen LogP contribution in [0, 0.1) is 0 Å². The van der Waals surface area contributed by atoms with Crippen LogP contribution in [0.4, 0.5) is 5.69 Å². The lowest BCUT2D eigenvalue weighted by molar-refractivity contribution is -0.117. The molecule has 0 N–H and O–H groups in total. The van der Waals surface area contributed by atoms with Crippen molar-refractivity contribution in [3.05, 3.63) is 97.1 Å². The molecule has 1 aliphatic carbocycles. The molecule has 4 heteroatoms. The van der Waals surface area contributed by atoms with Crippen LogP contribution in [0.1, 0.15) is 43.2 Å². The van der Waals surface area contributed by atoms with Crippen molar-refractivity contribution in [2.24, 2.45) is 0 Å². The van der Waals surface area contributed by atoms with E-state index in [0.29, 0.717) is 18.4 Å². The van der Waals surface area contributed by atoms with Gasteiger partial charge in [-0.2, -0.15) is 0 Å². The number of pyridine rings is 1. The maximum Gasteiger partial charge on any atom is 0.227 e. The molecule has 0 radical (unpaired) electrons. The van der Waals surface area contributed by atoms with E-state index in [2.05, 4.69) is 76.5 Å². The maximum absolute atomic E-state index is 12.0. The molecule has 0 atom stereocenters. The number of hydrogen-bond acceptors (Lipinski definition) is 2. The first-order valence-corrected chi connectivity index (χ1v) is 11.8. The van der Waals surface area contributed by atoms with Gasteiger partial charge in [-0.25, -0.2) is 0 Å². The Morgan fingerprint density at radius 3 is 2.30 bits per heavy atom. The van der Waals surface area contributed by atoms with Crippen LogP contribution in [0.5, 0.6) is 0 Å². The monoisotopic (exact) mass is 433 g/mol. The molecule has 3 heterocycles. The largest absolute Gasteiger partial charge is 0.351 e. The number of carbonyl (C=O) groups is 1. The number of rotatable bonds is 5. The van der Waals surface area contributed by atoms with Crippen LogP contribution in [0.15, 0.2) is 91.5 Å². The first-order valence-electron chi connectivity index (χ1n) is 11.8. The summed E-state index contributed by atoms with van der Waals surface area (Å²) in [6.07, 6.45) is 12.3. The number of hydrogen-bond donors (Lipinski definition) is 0. The molecular weight excluding hydrogens is 406 g/mol. The summed E-state index contributed by atoms with van der Waals surface area (Å²) in [6, 6.07) is 24.1. The topological polar surface area (TPSA) is 38.1 Å². The van der Waals surface area contributed by atoms with Gasteiger partial charge >= 0.3 is 0 Å². The minimum Gasteiger partial charge on any atom is -0.351 e. The Bertz CT molecular complexity index is 1270. The number of anilines is 1. The molecule has 1 saturated heterocycles. The second-order valence-corrected chi connectivity index (χ2v) is 9.24. The third-order valence-electron chi connectivity index (χ3n) is 7.18. The molecule has 0 bridgehead atoms. The highest BCUT2D eigenvalue weighted by atomic mass is 16.2. The van der Waals surface area contributed by atoms with Crippen molar-refractivity contribution >= 4 is 11.6 Å². The molecular formula is C29H27N3O. The van der Waals surface area contributed by atoms with Gasteiger partial charge in [0.25, 0.3) is 0 Å². The molecule has 33 heavy (non-hydrogen) atoms. The molecule has 1 aliphatic heterocycles. The van der Waals surface area contributed by atoms with E-state index in [4.69, 9.17) is 0 Å². The minimum atomic E-state index is 0.220. The molecule has 4 aromatic rings. The quantitative estimate of drug-likeness (QED) is 0.362. The highest BCUT2D eigenvalue weighted by Crippen LogP contribution is 2.45. The van der Waals surface area contributed by atoms with E-state index >= 15 is 0 Å². The van der Waals surface area contributed by atoms with Gasteiger partial charge in [0.2, 0.25) is 5.91 Å². The van der Waals surface area contributed by atoms with Crippen LogP contribution in [0.2, 0.25) is 0 Å². The number of benzene rings is 2. The first kappa shape index (κ1) is 20.0. The Balaban J connectivity index is 1.17. The standard InChI is InChI=1S/C29H27N3O/c33-29-7-4-13-32(29)27-10-8-22(9-11-27)25-15-26(19-30-18-25)23-12-14-31(20-23)28-16-24(17-28)21-5-2-1-3-6-21/h1-3,5-6,8-12,14-15,18-20,24,28H,4,7,13,16-17H2/t24-,28-. The Morgan fingerprint density at radius 2 is 1.58 bits per heavy atom. The minimum absolute atomic E-state index is 0.220. The predicted octanol–water partition coefficient (Wildman–Crippen LogP) is 6.46. The average Bonchev–Trinajstić information content (AvgIpc) is 3.49. The predicted molar refractivity (Wildman–Crippen MR) is 132 cm³/mol. The van der Waals surface area contributed by atoms with Crippen LogP contribution in [-0.2, 0) is 4.79 Å². The lowest BCUT2D eigenvalue weighted by atomic mass is 9.76. The second kappa shape index (κ2) is 8.36. The number of carbonyl (C=O) groups excluding carboxylic acids is 1. The molecule has 4 nitrogen and oxygen atoms in total. The summed E-state index contributed by atoms with van der Waals surface area (Å²) in [5, 5.41) is 0. The van der Waals surface area contributed by atoms with Crippen molar-refractivity contribution in [1.82, 2.24) is 9.55 Å². The normalized spacial score (nSPS) is 20.1. The van der Waals surface area contributed by atoms with Gasteiger partial charge in [0.1, 0.15) is 0 Å². The van der Waals surface area contributed by atoms with Gasteiger partial charge in [-0.15, -0.1) is 0 Å². The third kappa shape index (κ3) is 3.86. The Hall–Kier alpha value is -3.66. The second-order valence-electron chi connectivity index (χ2n) is 9.24. The van der Waals surface area contributed by atoms with Gasteiger partial charge in [-0.3, -0.25) is 9.78 Å². The number of nitrogens with zero attached hydrogens (tertiary/aromatic N) is 3. The van der Waals surface area contributed by atoms with Crippen molar-refractivity contribution in [3.8, 4) is 22.3 Å². The van der Waals surface area contributed by atoms with E-state index in [-0.39, 0.29) is 5.91 Å². The fourth-order valence-corrected chi connectivity index (χ4v) is 5.15. The van der Waals surface area contributed by atoms with Crippen LogP contribution < -0.4 is 4.90 Å². The van der Waals surface area contributed by atoms with Gasteiger partial charge < -0.3 is 9.47 Å². The van der Waals surface area contributed by atoms with E-state index in [1.54, 1.807) is 0 Å². The Labute approximate surface area is 194 Å². The summed E-state index contributed by atoms with van der Waals surface area (Å²) in [7, 11) is 0. The summed E-state index contributed by atoms with van der Waals surface area (Å²) < 4.78 is 2.36. The van der Waals surface area contributed by atoms with Gasteiger partial charge in [0, 0.05) is 66.2 Å². The van der Waals surface area contributed by atoms with E-state index in [1.165, 1.54) is 24.0 Å². The molecule has 2 aromatic heterocycles. The van der Waals surface area contributed by atoms with E-state index in [0.717, 1.165) is 35.3 Å². The number of amides is 1. The maximum atomic E-state index is 12.0. The zero-order chi connectivity index (χ0) is 22.2. The van der Waals surface area contributed by atoms with Gasteiger partial charge in [0.05, 0.1) is 0 Å². The zero-order valence-electron chi connectivity index (χ0n) is 18.6. The highest BCUT2D eigenvalue weighted by Gasteiger charge is 2.31. The van der Waals surface area contributed by atoms with E-state index in [9.17, 15) is 4.79 Å². The molecule has 2 aliphatic rings. The Morgan fingerprint density at radius 1 is 0.818 bits per heavy atom. The Kier molecular flexibility index (Phi) is 5.06.